The van der Waals surface area contributed by atoms with E-state index in [2.05, 4.69) is 17.4 Å². The van der Waals surface area contributed by atoms with Crippen LogP contribution < -0.4 is 5.32 Å². The van der Waals surface area contributed by atoms with Crippen LogP contribution in [0.2, 0.25) is 0 Å². The molecule has 0 amide bonds. The average molecular weight is 300 g/mol. The van der Waals surface area contributed by atoms with E-state index in [1.807, 2.05) is 31.3 Å². The van der Waals surface area contributed by atoms with Gasteiger partial charge in [0.2, 0.25) is 0 Å². The third-order valence-electron chi connectivity index (χ3n) is 3.83. The molecule has 0 saturated carbocycles. The Bertz CT molecular complexity index is 675. The van der Waals surface area contributed by atoms with Crippen molar-refractivity contribution in [3.05, 3.63) is 69.8 Å². The van der Waals surface area contributed by atoms with E-state index < -0.39 is 0 Å². The van der Waals surface area contributed by atoms with Crippen LogP contribution in [0.3, 0.4) is 0 Å². The highest BCUT2D eigenvalue weighted by molar-refractivity contribution is 8.00. The molecule has 0 spiro atoms. The quantitative estimate of drug-likeness (QED) is 0.693. The molecule has 5 heteroatoms. The normalized spacial score (nSPS) is 20.2. The van der Waals surface area contributed by atoms with E-state index in [1.165, 1.54) is 11.1 Å². The van der Waals surface area contributed by atoms with Crippen molar-refractivity contribution in [3.63, 3.8) is 0 Å². The Morgan fingerprint density at radius 1 is 1.19 bits per heavy atom. The van der Waals surface area contributed by atoms with E-state index in [4.69, 9.17) is 0 Å². The van der Waals surface area contributed by atoms with Gasteiger partial charge in [-0.05, 0) is 30.7 Å². The number of nitro benzene ring substituents is 1. The smallest absolute Gasteiger partial charge is 0.282 e. The van der Waals surface area contributed by atoms with Crippen molar-refractivity contribution in [2.75, 3.05) is 7.05 Å². The molecule has 21 heavy (non-hydrogen) atoms. The summed E-state index contributed by atoms with van der Waals surface area (Å²) in [4.78, 5) is 11.6. The standard InChI is InChI=1S/C16H16N2O2S/c1-17-16-12-7-3-2-6-11(12)10-15(16)21-14-9-5-4-8-13(14)18(19)20/h2-9,15-17H,10H2,1H3. The topological polar surface area (TPSA) is 55.2 Å². The van der Waals surface area contributed by atoms with Gasteiger partial charge in [-0.25, -0.2) is 0 Å². The van der Waals surface area contributed by atoms with Gasteiger partial charge in [-0.3, -0.25) is 10.1 Å². The van der Waals surface area contributed by atoms with Crippen molar-refractivity contribution in [2.24, 2.45) is 0 Å². The molecule has 1 aliphatic carbocycles. The number of nitrogens with one attached hydrogen (secondary N) is 1. The third-order valence-corrected chi connectivity index (χ3v) is 5.18. The molecule has 2 aromatic carbocycles. The second-order valence-corrected chi connectivity index (χ2v) is 6.33. The van der Waals surface area contributed by atoms with Crippen molar-refractivity contribution in [1.82, 2.24) is 5.32 Å². The molecular weight excluding hydrogens is 284 g/mol. The predicted molar refractivity (Wildman–Crippen MR) is 84.7 cm³/mol. The summed E-state index contributed by atoms with van der Waals surface area (Å²) in [5.41, 5.74) is 2.82. The minimum absolute atomic E-state index is 0.188. The van der Waals surface area contributed by atoms with Crippen molar-refractivity contribution < 1.29 is 4.92 Å². The molecule has 0 aromatic heterocycles. The largest absolute Gasteiger partial charge is 0.312 e. The van der Waals surface area contributed by atoms with E-state index in [-0.39, 0.29) is 21.9 Å². The maximum Gasteiger partial charge on any atom is 0.282 e. The maximum absolute atomic E-state index is 11.1. The Morgan fingerprint density at radius 3 is 2.67 bits per heavy atom. The van der Waals surface area contributed by atoms with Crippen LogP contribution in [0, 0.1) is 10.1 Å². The monoisotopic (exact) mass is 300 g/mol. The lowest BCUT2D eigenvalue weighted by Gasteiger charge is -2.19. The van der Waals surface area contributed by atoms with Crippen LogP contribution in [0.15, 0.2) is 53.4 Å². The highest BCUT2D eigenvalue weighted by Gasteiger charge is 2.33. The molecule has 0 aliphatic heterocycles. The van der Waals surface area contributed by atoms with Gasteiger partial charge >= 0.3 is 0 Å². The van der Waals surface area contributed by atoms with E-state index in [1.54, 1.807) is 23.9 Å². The van der Waals surface area contributed by atoms with Crippen molar-refractivity contribution >= 4 is 17.4 Å². The highest BCUT2D eigenvalue weighted by atomic mass is 32.2. The molecule has 108 valence electrons. The number of para-hydroxylation sites is 1. The fraction of sp³-hybridized carbons (Fsp3) is 0.250. The second kappa shape index (κ2) is 5.87. The number of nitro groups is 1. The first kappa shape index (κ1) is 14.1. The molecule has 4 nitrogen and oxygen atoms in total. The highest BCUT2D eigenvalue weighted by Crippen LogP contribution is 2.43. The molecule has 0 saturated heterocycles. The maximum atomic E-state index is 11.1. The molecule has 0 radical (unpaired) electrons. The Morgan fingerprint density at radius 2 is 1.90 bits per heavy atom. The molecule has 0 bridgehead atoms. The number of nitrogens with zero attached hydrogens (tertiary/aromatic N) is 1. The number of hydrogen-bond donors (Lipinski definition) is 1. The lowest BCUT2D eigenvalue weighted by atomic mass is 10.1. The number of rotatable bonds is 4. The van der Waals surface area contributed by atoms with E-state index >= 15 is 0 Å². The number of thioether (sulfide) groups is 1. The molecular formula is C16H16N2O2S. The van der Waals surface area contributed by atoms with Crippen molar-refractivity contribution in [3.8, 4) is 0 Å². The fourth-order valence-electron chi connectivity index (χ4n) is 2.88. The zero-order valence-corrected chi connectivity index (χ0v) is 12.5. The molecule has 3 rings (SSSR count). The Kier molecular flexibility index (Phi) is 3.94. The van der Waals surface area contributed by atoms with Crippen molar-refractivity contribution in [1.29, 1.82) is 0 Å². The van der Waals surface area contributed by atoms with Gasteiger partial charge in [0.25, 0.3) is 5.69 Å². The fourth-order valence-corrected chi connectivity index (χ4v) is 4.31. The van der Waals surface area contributed by atoms with Gasteiger partial charge in [-0.15, -0.1) is 11.8 Å². The molecule has 2 aromatic rings. The molecule has 1 N–H and O–H groups in total. The molecule has 1 aliphatic rings. The number of hydrogen-bond acceptors (Lipinski definition) is 4. The van der Waals surface area contributed by atoms with Gasteiger partial charge < -0.3 is 5.32 Å². The Balaban J connectivity index is 1.88. The van der Waals surface area contributed by atoms with E-state index in [0.717, 1.165) is 11.3 Å². The first-order valence-electron chi connectivity index (χ1n) is 6.86. The summed E-state index contributed by atoms with van der Waals surface area (Å²) < 4.78 is 0. The van der Waals surface area contributed by atoms with Crippen LogP contribution in [0.5, 0.6) is 0 Å². The number of benzene rings is 2. The second-order valence-electron chi connectivity index (χ2n) is 5.05. The van der Waals surface area contributed by atoms with Gasteiger partial charge in [0.1, 0.15) is 0 Å². The Labute approximate surface area is 127 Å². The van der Waals surface area contributed by atoms with Crippen LogP contribution >= 0.6 is 11.8 Å². The van der Waals surface area contributed by atoms with Crippen LogP contribution in [0.1, 0.15) is 17.2 Å². The summed E-state index contributed by atoms with van der Waals surface area (Å²) in [5.74, 6) is 0. The van der Waals surface area contributed by atoms with Gasteiger partial charge in [-0.2, -0.15) is 0 Å². The van der Waals surface area contributed by atoms with E-state index in [9.17, 15) is 10.1 Å². The lowest BCUT2D eigenvalue weighted by molar-refractivity contribution is -0.387. The summed E-state index contributed by atoms with van der Waals surface area (Å²) in [6.45, 7) is 0. The van der Waals surface area contributed by atoms with Crippen LogP contribution in [-0.2, 0) is 6.42 Å². The zero-order valence-electron chi connectivity index (χ0n) is 11.7. The van der Waals surface area contributed by atoms with Crippen LogP contribution in [-0.4, -0.2) is 17.2 Å². The van der Waals surface area contributed by atoms with Gasteiger partial charge in [0.15, 0.2) is 0 Å². The summed E-state index contributed by atoms with van der Waals surface area (Å²) in [6, 6.07) is 15.6. The number of fused-ring (bicyclic) bond motifs is 1. The van der Waals surface area contributed by atoms with Crippen LogP contribution in [0.4, 0.5) is 5.69 Å². The average Bonchev–Trinajstić information content (AvgIpc) is 2.84. The van der Waals surface area contributed by atoms with Crippen LogP contribution in [0.25, 0.3) is 0 Å². The minimum Gasteiger partial charge on any atom is -0.312 e. The van der Waals surface area contributed by atoms with Gasteiger partial charge in [-0.1, -0.05) is 36.4 Å². The first-order chi connectivity index (χ1) is 10.2. The Hall–Kier alpha value is -1.85. The molecule has 2 atom stereocenters. The molecule has 2 unspecified atom stereocenters. The van der Waals surface area contributed by atoms with Gasteiger partial charge in [0.05, 0.1) is 9.82 Å². The SMILES string of the molecule is CNC1c2ccccc2CC1Sc1ccccc1[N+](=O)[O-]. The molecule has 0 heterocycles. The summed E-state index contributed by atoms with van der Waals surface area (Å²) in [6.07, 6.45) is 0.929. The summed E-state index contributed by atoms with van der Waals surface area (Å²) in [5, 5.41) is 14.8. The third kappa shape index (κ3) is 2.66. The summed E-state index contributed by atoms with van der Waals surface area (Å²) >= 11 is 1.59. The minimum atomic E-state index is -0.307. The van der Waals surface area contributed by atoms with E-state index in [0.29, 0.717) is 0 Å². The summed E-state index contributed by atoms with van der Waals surface area (Å²) in [7, 11) is 1.94. The van der Waals surface area contributed by atoms with Gasteiger partial charge in [0, 0.05) is 17.4 Å². The lowest BCUT2D eigenvalue weighted by Crippen LogP contribution is -2.23. The first-order valence-corrected chi connectivity index (χ1v) is 7.74. The predicted octanol–water partition coefficient (Wildman–Crippen LogP) is 3.57. The van der Waals surface area contributed by atoms with Crippen molar-refractivity contribution in [2.45, 2.75) is 22.6 Å². The molecule has 0 fully saturated rings. The zero-order chi connectivity index (χ0) is 14.8.